The summed E-state index contributed by atoms with van der Waals surface area (Å²) in [6.45, 7) is 0.530. The summed E-state index contributed by atoms with van der Waals surface area (Å²) in [6, 6.07) is 5.55. The number of nitrogens with two attached hydrogens (primary N) is 1. The molecule has 3 rings (SSSR count). The number of thiazole rings is 1. The van der Waals surface area contributed by atoms with Crippen molar-refractivity contribution in [2.75, 3.05) is 17.6 Å². The molecule has 0 saturated carbocycles. The Morgan fingerprint density at radius 1 is 1.24 bits per heavy atom. The third kappa shape index (κ3) is 5.94. The molecular formula is C18H18FN7O2S. The van der Waals surface area contributed by atoms with Gasteiger partial charge in [-0.1, -0.05) is 12.1 Å². The number of amides is 3. The van der Waals surface area contributed by atoms with Crippen LogP contribution in [-0.4, -0.2) is 33.4 Å². The standard InChI is InChI=1S/C18H18FN7O2S/c19-12-3-1-2-11(6-12)7-23-17(28)26-18-25-13(9-29-18)4-5-22-16(27)14-8-21-10-24-15(14)20/h1-3,6,8-10H,4-5,7H2,(H,22,27)(H2,20,21,24)(H2,23,25,26,28). The van der Waals surface area contributed by atoms with Crippen LogP contribution >= 0.6 is 11.3 Å². The predicted molar refractivity (Wildman–Crippen MR) is 107 cm³/mol. The second-order valence-corrected chi connectivity index (χ2v) is 6.77. The minimum Gasteiger partial charge on any atom is -0.383 e. The van der Waals surface area contributed by atoms with Gasteiger partial charge in [0.15, 0.2) is 5.13 Å². The van der Waals surface area contributed by atoms with Gasteiger partial charge in [-0.2, -0.15) is 0 Å². The van der Waals surface area contributed by atoms with Gasteiger partial charge in [0.1, 0.15) is 18.0 Å². The topological polar surface area (TPSA) is 135 Å². The van der Waals surface area contributed by atoms with E-state index in [-0.39, 0.29) is 29.7 Å². The third-order valence-corrected chi connectivity index (χ3v) is 4.58. The van der Waals surface area contributed by atoms with Gasteiger partial charge in [0.2, 0.25) is 0 Å². The van der Waals surface area contributed by atoms with Gasteiger partial charge in [0.05, 0.1) is 11.3 Å². The Bertz CT molecular complexity index is 1010. The monoisotopic (exact) mass is 415 g/mol. The Hall–Kier alpha value is -3.60. The SMILES string of the molecule is Nc1ncncc1C(=O)NCCc1csc(NC(=O)NCc2cccc(F)c2)n1. The smallest absolute Gasteiger partial charge is 0.321 e. The van der Waals surface area contributed by atoms with Crippen LogP contribution in [0.2, 0.25) is 0 Å². The molecule has 1 aromatic carbocycles. The van der Waals surface area contributed by atoms with Crippen molar-refractivity contribution in [3.8, 4) is 0 Å². The van der Waals surface area contributed by atoms with Crippen molar-refractivity contribution in [3.05, 3.63) is 64.8 Å². The molecule has 2 aromatic heterocycles. The minimum atomic E-state index is -0.442. The Balaban J connectivity index is 1.42. The zero-order valence-electron chi connectivity index (χ0n) is 15.2. The number of benzene rings is 1. The van der Waals surface area contributed by atoms with E-state index in [0.717, 1.165) is 0 Å². The van der Waals surface area contributed by atoms with Crippen LogP contribution < -0.4 is 21.7 Å². The van der Waals surface area contributed by atoms with Gasteiger partial charge < -0.3 is 16.4 Å². The Kier molecular flexibility index (Phi) is 6.63. The van der Waals surface area contributed by atoms with Gasteiger partial charge in [-0.05, 0) is 17.7 Å². The molecule has 29 heavy (non-hydrogen) atoms. The number of carbonyl (C=O) groups excluding carboxylic acids is 2. The predicted octanol–water partition coefficient (Wildman–Crippen LogP) is 1.95. The number of anilines is 2. The van der Waals surface area contributed by atoms with Crippen molar-refractivity contribution in [1.29, 1.82) is 0 Å². The highest BCUT2D eigenvalue weighted by Crippen LogP contribution is 2.15. The number of hydrogen-bond acceptors (Lipinski definition) is 7. The van der Waals surface area contributed by atoms with Crippen LogP contribution in [0.4, 0.5) is 20.1 Å². The number of nitrogens with one attached hydrogen (secondary N) is 3. The lowest BCUT2D eigenvalue weighted by atomic mass is 10.2. The highest BCUT2D eigenvalue weighted by Gasteiger charge is 2.11. The number of carbonyl (C=O) groups is 2. The second-order valence-electron chi connectivity index (χ2n) is 5.91. The molecular weight excluding hydrogens is 397 g/mol. The molecule has 0 atom stereocenters. The van der Waals surface area contributed by atoms with Gasteiger partial charge >= 0.3 is 6.03 Å². The molecule has 0 fully saturated rings. The van der Waals surface area contributed by atoms with E-state index in [4.69, 9.17) is 5.73 Å². The normalized spacial score (nSPS) is 10.4. The molecule has 0 aliphatic rings. The molecule has 0 aliphatic heterocycles. The molecule has 0 spiro atoms. The Morgan fingerprint density at radius 2 is 2.10 bits per heavy atom. The van der Waals surface area contributed by atoms with Crippen LogP contribution in [0, 0.1) is 5.82 Å². The van der Waals surface area contributed by atoms with Crippen LogP contribution in [0.25, 0.3) is 0 Å². The first kappa shape index (κ1) is 20.1. The second kappa shape index (κ2) is 9.55. The highest BCUT2D eigenvalue weighted by atomic mass is 32.1. The molecule has 0 unspecified atom stereocenters. The third-order valence-electron chi connectivity index (χ3n) is 3.77. The molecule has 3 aromatic rings. The van der Waals surface area contributed by atoms with Crippen LogP contribution in [0.5, 0.6) is 0 Å². The van der Waals surface area contributed by atoms with Crippen molar-refractivity contribution in [3.63, 3.8) is 0 Å². The van der Waals surface area contributed by atoms with Crippen molar-refractivity contribution in [2.24, 2.45) is 0 Å². The summed E-state index contributed by atoms with van der Waals surface area (Å²) >= 11 is 1.26. The molecule has 0 saturated heterocycles. The maximum Gasteiger partial charge on any atom is 0.321 e. The lowest BCUT2D eigenvalue weighted by Crippen LogP contribution is -2.28. The zero-order chi connectivity index (χ0) is 20.6. The molecule has 2 heterocycles. The molecule has 0 radical (unpaired) electrons. The van der Waals surface area contributed by atoms with Crippen LogP contribution in [-0.2, 0) is 13.0 Å². The number of nitrogens with zero attached hydrogens (tertiary/aromatic N) is 3. The summed E-state index contributed by atoms with van der Waals surface area (Å²) in [4.78, 5) is 35.8. The number of rotatable bonds is 7. The summed E-state index contributed by atoms with van der Waals surface area (Å²) < 4.78 is 13.1. The molecule has 0 aliphatic carbocycles. The Morgan fingerprint density at radius 3 is 2.90 bits per heavy atom. The van der Waals surface area contributed by atoms with E-state index in [1.54, 1.807) is 17.5 Å². The van der Waals surface area contributed by atoms with Crippen molar-refractivity contribution in [1.82, 2.24) is 25.6 Å². The lowest BCUT2D eigenvalue weighted by Gasteiger charge is -2.06. The number of aromatic nitrogens is 3. The summed E-state index contributed by atoms with van der Waals surface area (Å²) in [5.41, 5.74) is 7.22. The van der Waals surface area contributed by atoms with E-state index in [2.05, 4.69) is 30.9 Å². The molecule has 5 N–H and O–H groups in total. The van der Waals surface area contributed by atoms with E-state index in [1.807, 2.05) is 0 Å². The van der Waals surface area contributed by atoms with E-state index in [0.29, 0.717) is 29.4 Å². The van der Waals surface area contributed by atoms with Crippen LogP contribution in [0.1, 0.15) is 21.6 Å². The van der Waals surface area contributed by atoms with Crippen LogP contribution in [0.3, 0.4) is 0 Å². The van der Waals surface area contributed by atoms with E-state index >= 15 is 0 Å². The Labute approximate surface area is 169 Å². The summed E-state index contributed by atoms with van der Waals surface area (Å²) in [7, 11) is 0. The fourth-order valence-electron chi connectivity index (χ4n) is 2.36. The quantitative estimate of drug-likeness (QED) is 0.466. The van der Waals surface area contributed by atoms with Gasteiger partial charge in [-0.15, -0.1) is 11.3 Å². The van der Waals surface area contributed by atoms with Gasteiger partial charge in [0.25, 0.3) is 5.91 Å². The van der Waals surface area contributed by atoms with E-state index < -0.39 is 6.03 Å². The maximum atomic E-state index is 13.1. The molecule has 150 valence electrons. The van der Waals surface area contributed by atoms with Gasteiger partial charge in [0, 0.05) is 31.1 Å². The molecule has 11 heteroatoms. The minimum absolute atomic E-state index is 0.113. The maximum absolute atomic E-state index is 13.1. The van der Waals surface area contributed by atoms with Crippen molar-refractivity contribution >= 4 is 34.2 Å². The van der Waals surface area contributed by atoms with Crippen LogP contribution in [0.15, 0.2) is 42.2 Å². The zero-order valence-corrected chi connectivity index (χ0v) is 16.0. The average molecular weight is 415 g/mol. The van der Waals surface area contributed by atoms with Gasteiger partial charge in [-0.25, -0.2) is 24.1 Å². The number of nitrogen functional groups attached to an aromatic ring is 1. The lowest BCUT2D eigenvalue weighted by molar-refractivity contribution is 0.0954. The summed E-state index contributed by atoms with van der Waals surface area (Å²) in [5.74, 6) is -0.612. The first-order valence-corrected chi connectivity index (χ1v) is 9.46. The van der Waals surface area contributed by atoms with Crippen molar-refractivity contribution < 1.29 is 14.0 Å². The fourth-order valence-corrected chi connectivity index (χ4v) is 3.10. The van der Waals surface area contributed by atoms with E-state index in [9.17, 15) is 14.0 Å². The van der Waals surface area contributed by atoms with Gasteiger partial charge in [-0.3, -0.25) is 10.1 Å². The highest BCUT2D eigenvalue weighted by molar-refractivity contribution is 7.13. The first-order chi connectivity index (χ1) is 14.0. The fraction of sp³-hybridized carbons (Fsp3) is 0.167. The summed E-state index contributed by atoms with van der Waals surface area (Å²) in [5, 5.41) is 10.2. The molecule has 9 nitrogen and oxygen atoms in total. The molecule has 3 amide bonds. The number of hydrogen-bond donors (Lipinski definition) is 4. The number of urea groups is 1. The van der Waals surface area contributed by atoms with E-state index in [1.165, 1.54) is 36.0 Å². The molecule has 0 bridgehead atoms. The average Bonchev–Trinajstić information content (AvgIpc) is 3.14. The first-order valence-electron chi connectivity index (χ1n) is 8.58. The number of halogens is 1. The van der Waals surface area contributed by atoms with Crippen molar-refractivity contribution in [2.45, 2.75) is 13.0 Å². The summed E-state index contributed by atoms with van der Waals surface area (Å²) in [6.07, 6.45) is 3.09. The largest absolute Gasteiger partial charge is 0.383 e.